The van der Waals surface area contributed by atoms with E-state index >= 15 is 0 Å². The number of aromatic nitrogens is 1. The minimum atomic E-state index is -4.43. The Morgan fingerprint density at radius 3 is 2.13 bits per heavy atom. The third kappa shape index (κ3) is 6.72. The summed E-state index contributed by atoms with van der Waals surface area (Å²) in [6.45, 7) is 0. The van der Waals surface area contributed by atoms with Crippen molar-refractivity contribution < 1.29 is 18.0 Å². The van der Waals surface area contributed by atoms with Crippen molar-refractivity contribution in [2.45, 2.75) is 6.18 Å². The maximum atomic E-state index is 13.1. The van der Waals surface area contributed by atoms with E-state index in [0.29, 0.717) is 27.7 Å². The molecule has 2 N–H and O–H groups in total. The number of aromatic amines is 1. The van der Waals surface area contributed by atoms with E-state index < -0.39 is 17.6 Å². The zero-order valence-corrected chi connectivity index (χ0v) is 21.4. The summed E-state index contributed by atoms with van der Waals surface area (Å²) in [7, 11) is 3.83. The van der Waals surface area contributed by atoms with E-state index in [1.54, 1.807) is 36.4 Å². The number of benzene rings is 3. The number of fused-ring (bicyclic) bond motifs is 1. The van der Waals surface area contributed by atoms with Crippen molar-refractivity contribution in [1.29, 1.82) is 0 Å². The molecule has 0 aliphatic rings. The third-order valence-corrected chi connectivity index (χ3v) is 5.75. The Hall–Kier alpha value is -4.30. The molecule has 0 unspecified atom stereocenters. The van der Waals surface area contributed by atoms with Crippen LogP contribution >= 0.6 is 12.4 Å². The van der Waals surface area contributed by atoms with Gasteiger partial charge in [-0.05, 0) is 59.2 Å². The molecule has 1 amide bonds. The number of carbonyl (C=O) groups is 1. The molecule has 0 radical (unpaired) electrons. The van der Waals surface area contributed by atoms with Crippen molar-refractivity contribution in [2.24, 2.45) is 0 Å². The molecular weight excluding hydrogens is 515 g/mol. The zero-order valence-electron chi connectivity index (χ0n) is 20.5. The van der Waals surface area contributed by atoms with Crippen LogP contribution in [0.15, 0.2) is 102 Å². The third-order valence-electron chi connectivity index (χ3n) is 5.75. The van der Waals surface area contributed by atoms with Crippen LogP contribution in [0.4, 0.5) is 24.5 Å². The van der Waals surface area contributed by atoms with Crippen LogP contribution in [0.3, 0.4) is 0 Å². The number of nitrogens with zero attached hydrogens (tertiary/aromatic N) is 1. The summed E-state index contributed by atoms with van der Waals surface area (Å²) in [6, 6.07) is 20.7. The van der Waals surface area contributed by atoms with E-state index in [1.807, 2.05) is 43.3 Å². The number of carbonyl (C=O) groups excluding carboxylic acids is 1. The molecule has 0 aliphatic heterocycles. The molecule has 1 aromatic heterocycles. The molecule has 0 fully saturated rings. The Morgan fingerprint density at radius 1 is 0.895 bits per heavy atom. The smallest absolute Gasteiger partial charge is 0.378 e. The summed E-state index contributed by atoms with van der Waals surface area (Å²) in [5, 5.41) is 3.48. The van der Waals surface area contributed by atoms with Crippen LogP contribution in [0.2, 0.25) is 0 Å². The average Bonchev–Trinajstić information content (AvgIpc) is 2.86. The van der Waals surface area contributed by atoms with Crippen LogP contribution in [-0.2, 0) is 11.0 Å². The van der Waals surface area contributed by atoms with Crippen molar-refractivity contribution in [3.63, 3.8) is 0 Å². The van der Waals surface area contributed by atoms with Crippen molar-refractivity contribution in [3.05, 3.63) is 124 Å². The summed E-state index contributed by atoms with van der Waals surface area (Å²) in [4.78, 5) is 28.8. The van der Waals surface area contributed by atoms with Gasteiger partial charge in [-0.15, -0.1) is 12.4 Å². The number of halogens is 4. The van der Waals surface area contributed by atoms with Crippen LogP contribution in [0.1, 0.15) is 16.7 Å². The molecule has 4 aromatic rings. The molecule has 5 nitrogen and oxygen atoms in total. The Kier molecular flexibility index (Phi) is 8.80. The number of alkyl halides is 3. The second kappa shape index (κ2) is 11.8. The number of allylic oxidation sites excluding steroid dienone is 2. The highest BCUT2D eigenvalue weighted by Gasteiger charge is 2.30. The first-order chi connectivity index (χ1) is 17.6. The van der Waals surface area contributed by atoms with Gasteiger partial charge in [-0.3, -0.25) is 9.59 Å². The van der Waals surface area contributed by atoms with Crippen LogP contribution in [0.5, 0.6) is 0 Å². The molecule has 0 saturated carbocycles. The van der Waals surface area contributed by atoms with E-state index in [9.17, 15) is 22.8 Å². The highest BCUT2D eigenvalue weighted by molar-refractivity contribution is 6.05. The van der Waals surface area contributed by atoms with Gasteiger partial charge in [0.15, 0.2) is 0 Å². The molecule has 0 aliphatic carbocycles. The van der Waals surface area contributed by atoms with Gasteiger partial charge >= 0.3 is 6.18 Å². The van der Waals surface area contributed by atoms with Gasteiger partial charge in [-0.1, -0.05) is 42.5 Å². The molecule has 0 bridgehead atoms. The predicted molar refractivity (Wildman–Crippen MR) is 149 cm³/mol. The summed E-state index contributed by atoms with van der Waals surface area (Å²) >= 11 is 0. The Morgan fingerprint density at radius 2 is 1.53 bits per heavy atom. The highest BCUT2D eigenvalue weighted by atomic mass is 35.5. The lowest BCUT2D eigenvalue weighted by atomic mass is 9.96. The van der Waals surface area contributed by atoms with Crippen LogP contribution < -0.4 is 15.8 Å². The second-order valence-electron chi connectivity index (χ2n) is 8.53. The molecule has 9 heteroatoms. The molecule has 4 rings (SSSR count). The molecule has 0 saturated heterocycles. The van der Waals surface area contributed by atoms with Crippen LogP contribution in [-0.4, -0.2) is 25.0 Å². The Labute approximate surface area is 223 Å². The lowest BCUT2D eigenvalue weighted by molar-refractivity contribution is -0.137. The molecule has 38 heavy (non-hydrogen) atoms. The van der Waals surface area contributed by atoms with Gasteiger partial charge < -0.3 is 15.2 Å². The molecule has 1 heterocycles. The minimum absolute atomic E-state index is 0. The quantitative estimate of drug-likeness (QED) is 0.213. The number of hydrogen-bond acceptors (Lipinski definition) is 3. The van der Waals surface area contributed by atoms with E-state index in [-0.39, 0.29) is 18.0 Å². The normalized spacial score (nSPS) is 11.9. The van der Waals surface area contributed by atoms with Gasteiger partial charge in [-0.2, -0.15) is 13.2 Å². The Balaban J connectivity index is 0.00000400. The van der Waals surface area contributed by atoms with Crippen molar-refractivity contribution in [2.75, 3.05) is 24.3 Å². The fraction of sp³-hybridized carbons (Fsp3) is 0.103. The number of rotatable bonds is 6. The lowest BCUT2D eigenvalue weighted by Gasteiger charge is -2.14. The van der Waals surface area contributed by atoms with Gasteiger partial charge in [0.05, 0.1) is 16.8 Å². The number of anilines is 2. The predicted octanol–water partition coefficient (Wildman–Crippen LogP) is 6.66. The van der Waals surface area contributed by atoms with Gasteiger partial charge in [-0.25, -0.2) is 0 Å². The fourth-order valence-corrected chi connectivity index (χ4v) is 3.84. The standard InChI is InChI=1S/C29H24F3N3O2.ClH/c1-35(2)22-15-11-20(12-16-22)23(19-9-13-21(14-10-19)29(30,31)32)5-3-8-27(36)33-25-6-4-7-26-24(25)17-18-28(37)34-26;/h3-18H,1-2H3,(H,33,36)(H,34,37);1H/b8-3+,23-5+;. The average molecular weight is 540 g/mol. The molecule has 0 atom stereocenters. The number of amides is 1. The fourth-order valence-electron chi connectivity index (χ4n) is 3.84. The summed E-state index contributed by atoms with van der Waals surface area (Å²) in [5.41, 5.74) is 3.16. The van der Waals surface area contributed by atoms with Crippen molar-refractivity contribution >= 4 is 46.2 Å². The second-order valence-corrected chi connectivity index (χ2v) is 8.53. The van der Waals surface area contributed by atoms with Crippen molar-refractivity contribution in [3.8, 4) is 0 Å². The number of H-pyrrole nitrogens is 1. The first-order valence-electron chi connectivity index (χ1n) is 11.4. The number of pyridine rings is 1. The molecular formula is C29H25ClF3N3O2. The Bertz CT molecular complexity index is 1540. The van der Waals surface area contributed by atoms with Gasteiger partial charge in [0.25, 0.3) is 0 Å². The summed E-state index contributed by atoms with van der Waals surface area (Å²) in [6.07, 6.45) is 0.147. The van der Waals surface area contributed by atoms with E-state index in [4.69, 9.17) is 0 Å². The van der Waals surface area contributed by atoms with Crippen molar-refractivity contribution in [1.82, 2.24) is 4.98 Å². The first-order valence-corrected chi connectivity index (χ1v) is 11.4. The number of hydrogen-bond donors (Lipinski definition) is 2. The maximum absolute atomic E-state index is 13.1. The first kappa shape index (κ1) is 28.3. The van der Waals surface area contributed by atoms with Crippen LogP contribution in [0.25, 0.3) is 16.5 Å². The van der Waals surface area contributed by atoms with Gasteiger partial charge in [0, 0.05) is 37.3 Å². The molecule has 196 valence electrons. The van der Waals surface area contributed by atoms with E-state index in [2.05, 4.69) is 10.3 Å². The molecule has 0 spiro atoms. The highest BCUT2D eigenvalue weighted by Crippen LogP contribution is 2.32. The summed E-state index contributed by atoms with van der Waals surface area (Å²) in [5.74, 6) is -0.398. The topological polar surface area (TPSA) is 65.2 Å². The maximum Gasteiger partial charge on any atom is 0.416 e. The van der Waals surface area contributed by atoms with Crippen LogP contribution in [0, 0.1) is 0 Å². The van der Waals surface area contributed by atoms with E-state index in [1.165, 1.54) is 24.3 Å². The lowest BCUT2D eigenvalue weighted by Crippen LogP contribution is -2.09. The minimum Gasteiger partial charge on any atom is -0.378 e. The monoisotopic (exact) mass is 539 g/mol. The number of nitrogens with one attached hydrogen (secondary N) is 2. The van der Waals surface area contributed by atoms with Gasteiger partial charge in [0.1, 0.15) is 0 Å². The zero-order chi connectivity index (χ0) is 26.6. The van der Waals surface area contributed by atoms with Gasteiger partial charge in [0.2, 0.25) is 11.5 Å². The SMILES string of the molecule is CN(C)c1ccc(/C(=C/C=C/C(=O)Nc2cccc3[nH]c(=O)ccc23)c2ccc(C(F)(F)F)cc2)cc1.Cl. The molecule has 3 aromatic carbocycles. The van der Waals surface area contributed by atoms with E-state index in [0.717, 1.165) is 23.4 Å². The summed E-state index contributed by atoms with van der Waals surface area (Å²) < 4.78 is 39.2. The largest absolute Gasteiger partial charge is 0.416 e.